The normalized spacial score (nSPS) is 12.2. The van der Waals surface area contributed by atoms with E-state index in [0.717, 1.165) is 17.0 Å². The Kier molecular flexibility index (Phi) is 10.1. The second-order valence-electron chi connectivity index (χ2n) is 7.89. The van der Waals surface area contributed by atoms with Crippen molar-refractivity contribution in [3.05, 3.63) is 62.6 Å². The fourth-order valence-electron chi connectivity index (χ4n) is 3.33. The predicted octanol–water partition coefficient (Wildman–Crippen LogP) is 4.66. The Labute approximate surface area is 216 Å². The van der Waals surface area contributed by atoms with Crippen LogP contribution in [0.2, 0.25) is 15.1 Å². The molecule has 0 spiro atoms. The van der Waals surface area contributed by atoms with Crippen molar-refractivity contribution in [1.29, 1.82) is 0 Å². The topological polar surface area (TPSA) is 86.8 Å². The van der Waals surface area contributed by atoms with Crippen LogP contribution in [0, 0.1) is 6.92 Å². The van der Waals surface area contributed by atoms with Crippen LogP contribution >= 0.6 is 34.8 Å². The van der Waals surface area contributed by atoms with Gasteiger partial charge in [0, 0.05) is 33.7 Å². The summed E-state index contributed by atoms with van der Waals surface area (Å²) in [5.74, 6) is -0.957. The number of benzene rings is 2. The van der Waals surface area contributed by atoms with Crippen molar-refractivity contribution in [1.82, 2.24) is 10.2 Å². The maximum absolute atomic E-state index is 13.5. The van der Waals surface area contributed by atoms with Crippen LogP contribution in [0.1, 0.15) is 31.4 Å². The molecule has 0 fully saturated rings. The molecule has 0 unspecified atom stereocenters. The van der Waals surface area contributed by atoms with Gasteiger partial charge in [-0.05, 0) is 56.2 Å². The molecule has 2 aromatic carbocycles. The van der Waals surface area contributed by atoms with Crippen molar-refractivity contribution in [2.45, 2.75) is 39.8 Å². The number of hydrogen-bond donors (Lipinski definition) is 1. The first-order chi connectivity index (χ1) is 15.9. The van der Waals surface area contributed by atoms with Crippen molar-refractivity contribution in [3.8, 4) is 0 Å². The van der Waals surface area contributed by atoms with Crippen LogP contribution in [0.15, 0.2) is 36.4 Å². The molecule has 0 saturated carbocycles. The van der Waals surface area contributed by atoms with Gasteiger partial charge in [-0.3, -0.25) is 13.9 Å². The molecule has 0 aliphatic rings. The molecule has 1 N–H and O–H groups in total. The molecule has 0 radical (unpaired) electrons. The fraction of sp³-hybridized carbons (Fsp3) is 0.391. The zero-order valence-electron chi connectivity index (χ0n) is 19.4. The lowest BCUT2D eigenvalue weighted by molar-refractivity contribution is -0.139. The highest BCUT2D eigenvalue weighted by Crippen LogP contribution is 2.28. The molecule has 34 heavy (non-hydrogen) atoms. The second kappa shape index (κ2) is 12.1. The highest BCUT2D eigenvalue weighted by atomic mass is 35.5. The van der Waals surface area contributed by atoms with Gasteiger partial charge in [0.05, 0.1) is 11.9 Å². The quantitative estimate of drug-likeness (QED) is 0.468. The highest BCUT2D eigenvalue weighted by Gasteiger charge is 2.31. The summed E-state index contributed by atoms with van der Waals surface area (Å²) >= 11 is 18.6. The first-order valence-corrected chi connectivity index (χ1v) is 13.6. The number of amides is 2. The largest absolute Gasteiger partial charge is 0.354 e. The Bertz CT molecular complexity index is 1140. The summed E-state index contributed by atoms with van der Waals surface area (Å²) in [5.41, 5.74) is 1.36. The van der Waals surface area contributed by atoms with Crippen LogP contribution < -0.4 is 9.62 Å². The lowest BCUT2D eigenvalue weighted by Crippen LogP contribution is -2.51. The number of hydrogen-bond acceptors (Lipinski definition) is 4. The SMILES string of the molecule is CCCNC(=O)[C@H](C)N(Cc1c(Cl)cccc1Cl)C(=O)CN(c1ccc(Cl)cc1C)S(C)(=O)=O. The number of nitrogens with one attached hydrogen (secondary N) is 1. The van der Waals surface area contributed by atoms with Crippen LogP contribution in [0.5, 0.6) is 0 Å². The minimum absolute atomic E-state index is 0.0742. The molecule has 0 aliphatic carbocycles. The smallest absolute Gasteiger partial charge is 0.244 e. The number of anilines is 1. The Morgan fingerprint density at radius 1 is 1.09 bits per heavy atom. The van der Waals surface area contributed by atoms with Gasteiger partial charge < -0.3 is 10.2 Å². The second-order valence-corrected chi connectivity index (χ2v) is 11.0. The van der Waals surface area contributed by atoms with Crippen molar-refractivity contribution in [2.75, 3.05) is 23.7 Å². The molecule has 0 heterocycles. The van der Waals surface area contributed by atoms with Crippen LogP contribution in [0.3, 0.4) is 0 Å². The number of aryl methyl sites for hydroxylation is 1. The van der Waals surface area contributed by atoms with Crippen LogP contribution in [-0.2, 0) is 26.2 Å². The molecule has 0 aromatic heterocycles. The van der Waals surface area contributed by atoms with E-state index in [-0.39, 0.29) is 12.5 Å². The van der Waals surface area contributed by atoms with E-state index in [1.165, 1.54) is 4.90 Å². The standard InChI is InChI=1S/C23H28Cl3N3O4S/c1-5-11-27-23(31)16(3)28(13-18-19(25)7-6-8-20(18)26)22(30)14-29(34(4,32)33)21-10-9-17(24)12-15(21)2/h6-10,12,16H,5,11,13-14H2,1-4H3,(H,27,31)/t16-/m0/s1. The van der Waals surface area contributed by atoms with E-state index in [0.29, 0.717) is 38.4 Å². The summed E-state index contributed by atoms with van der Waals surface area (Å²) in [4.78, 5) is 27.5. The van der Waals surface area contributed by atoms with Crippen molar-refractivity contribution in [2.24, 2.45) is 0 Å². The average Bonchev–Trinajstić information content (AvgIpc) is 2.74. The number of sulfonamides is 1. The van der Waals surface area contributed by atoms with Crippen LogP contribution in [0.25, 0.3) is 0 Å². The molecule has 2 rings (SSSR count). The number of carbonyl (C=O) groups excluding carboxylic acids is 2. The van der Waals surface area contributed by atoms with E-state index in [9.17, 15) is 18.0 Å². The Morgan fingerprint density at radius 3 is 2.24 bits per heavy atom. The third kappa shape index (κ3) is 7.25. The lowest BCUT2D eigenvalue weighted by Gasteiger charge is -2.32. The summed E-state index contributed by atoms with van der Waals surface area (Å²) in [6.07, 6.45) is 1.74. The summed E-state index contributed by atoms with van der Waals surface area (Å²) in [6, 6.07) is 8.74. The fourth-order valence-corrected chi connectivity index (χ4v) is 4.98. The molecular formula is C23H28Cl3N3O4S. The zero-order valence-corrected chi connectivity index (χ0v) is 22.5. The van der Waals surface area contributed by atoms with Gasteiger partial charge in [-0.15, -0.1) is 0 Å². The minimum Gasteiger partial charge on any atom is -0.354 e. The van der Waals surface area contributed by atoms with Gasteiger partial charge in [-0.1, -0.05) is 47.8 Å². The van der Waals surface area contributed by atoms with Crippen LogP contribution in [-0.4, -0.2) is 50.5 Å². The maximum Gasteiger partial charge on any atom is 0.244 e. The number of halogens is 3. The van der Waals surface area contributed by atoms with E-state index in [4.69, 9.17) is 34.8 Å². The average molecular weight is 549 g/mol. The molecule has 0 bridgehead atoms. The highest BCUT2D eigenvalue weighted by molar-refractivity contribution is 7.92. The number of nitrogens with zero attached hydrogens (tertiary/aromatic N) is 2. The summed E-state index contributed by atoms with van der Waals surface area (Å²) < 4.78 is 26.3. The monoisotopic (exact) mass is 547 g/mol. The van der Waals surface area contributed by atoms with E-state index >= 15 is 0 Å². The lowest BCUT2D eigenvalue weighted by atomic mass is 10.1. The van der Waals surface area contributed by atoms with E-state index in [1.54, 1.807) is 50.2 Å². The number of rotatable bonds is 10. The van der Waals surface area contributed by atoms with Gasteiger partial charge in [0.2, 0.25) is 21.8 Å². The van der Waals surface area contributed by atoms with Crippen molar-refractivity contribution >= 4 is 62.3 Å². The zero-order chi connectivity index (χ0) is 25.6. The van der Waals surface area contributed by atoms with Gasteiger partial charge >= 0.3 is 0 Å². The number of carbonyl (C=O) groups is 2. The molecule has 11 heteroatoms. The summed E-state index contributed by atoms with van der Waals surface area (Å²) in [7, 11) is -3.84. The molecule has 7 nitrogen and oxygen atoms in total. The van der Waals surface area contributed by atoms with Crippen molar-refractivity contribution in [3.63, 3.8) is 0 Å². The first-order valence-electron chi connectivity index (χ1n) is 10.6. The van der Waals surface area contributed by atoms with Crippen molar-refractivity contribution < 1.29 is 18.0 Å². The Morgan fingerprint density at radius 2 is 1.71 bits per heavy atom. The van der Waals surface area contributed by atoms with E-state index in [1.807, 2.05) is 6.92 Å². The minimum atomic E-state index is -3.84. The molecule has 0 saturated heterocycles. The molecule has 2 amide bonds. The van der Waals surface area contributed by atoms with Gasteiger partial charge in [-0.25, -0.2) is 8.42 Å². The van der Waals surface area contributed by atoms with Gasteiger partial charge in [-0.2, -0.15) is 0 Å². The Hall–Kier alpha value is -2.00. The van der Waals surface area contributed by atoms with Gasteiger partial charge in [0.25, 0.3) is 0 Å². The van der Waals surface area contributed by atoms with Gasteiger partial charge in [0.1, 0.15) is 12.6 Å². The van der Waals surface area contributed by atoms with E-state index < -0.39 is 28.5 Å². The molecular weight excluding hydrogens is 521 g/mol. The summed E-state index contributed by atoms with van der Waals surface area (Å²) in [5, 5.41) is 3.88. The third-order valence-electron chi connectivity index (χ3n) is 5.21. The van der Waals surface area contributed by atoms with Gasteiger partial charge in [0.15, 0.2) is 0 Å². The maximum atomic E-state index is 13.5. The molecule has 1 atom stereocenters. The van der Waals surface area contributed by atoms with Crippen LogP contribution in [0.4, 0.5) is 5.69 Å². The first kappa shape index (κ1) is 28.2. The summed E-state index contributed by atoms with van der Waals surface area (Å²) in [6.45, 7) is 5.04. The molecule has 0 aliphatic heterocycles. The van der Waals surface area contributed by atoms with E-state index in [2.05, 4.69) is 5.32 Å². The third-order valence-corrected chi connectivity index (χ3v) is 7.28. The Balaban J connectivity index is 2.46. The predicted molar refractivity (Wildman–Crippen MR) is 138 cm³/mol. The molecule has 2 aromatic rings. The molecule has 186 valence electrons.